The monoisotopic (exact) mass is 726 g/mol. The molecule has 12 heteroatoms. The number of allylic oxidation sites excluding steroid dienone is 2. The second-order valence-electron chi connectivity index (χ2n) is 11.3. The zero-order valence-corrected chi connectivity index (χ0v) is 28.8. The minimum atomic E-state index is -0.747. The highest BCUT2D eigenvalue weighted by atomic mass is 35.5. The van der Waals surface area contributed by atoms with E-state index in [4.69, 9.17) is 32.7 Å². The van der Waals surface area contributed by atoms with Crippen LogP contribution < -0.4 is 14.8 Å². The average Bonchev–Trinajstić information content (AvgIpc) is 3.09. The molecule has 0 aliphatic carbocycles. The van der Waals surface area contributed by atoms with Crippen LogP contribution in [0, 0.1) is 23.3 Å². The molecule has 2 aliphatic heterocycles. The van der Waals surface area contributed by atoms with E-state index in [1.807, 2.05) is 0 Å². The standard InChI is InChI=1S/C20H18ClF2NO2.C18H14ClF2NO2/c1-3-24-18(25)10-8-13(14-11-12(26-2)7-9-15(14)21)20(24)19-16(22)5-4-6-17(19)23;1-24-10-5-7-13(19)12(9-10)11-6-8-16(23)22-18(11)17-14(20)3-2-4-15(17)21/h4-7,9,11H,3,8,10H2,1-2H3;2-5,7,9H,6,8H2,1H3,(H,22,23). The van der Waals surface area contributed by atoms with E-state index < -0.39 is 23.3 Å². The van der Waals surface area contributed by atoms with Gasteiger partial charge in [-0.05, 0) is 91.6 Å². The van der Waals surface area contributed by atoms with E-state index in [0.717, 1.165) is 12.1 Å². The number of rotatable bonds is 7. The molecule has 0 bridgehead atoms. The zero-order valence-electron chi connectivity index (χ0n) is 27.3. The predicted molar refractivity (Wildman–Crippen MR) is 186 cm³/mol. The van der Waals surface area contributed by atoms with Crippen LogP contribution in [0.15, 0.2) is 72.8 Å². The normalized spacial score (nSPS) is 14.7. The van der Waals surface area contributed by atoms with Crippen LogP contribution in [0.1, 0.15) is 54.9 Å². The first-order valence-corrected chi connectivity index (χ1v) is 16.4. The van der Waals surface area contributed by atoms with Crippen LogP contribution in [0.5, 0.6) is 11.5 Å². The van der Waals surface area contributed by atoms with Crippen LogP contribution in [0.25, 0.3) is 22.5 Å². The molecule has 1 N–H and O–H groups in total. The first kappa shape index (κ1) is 36.5. The zero-order chi connectivity index (χ0) is 36.1. The van der Waals surface area contributed by atoms with Gasteiger partial charge in [0.1, 0.15) is 34.8 Å². The molecule has 0 atom stereocenters. The Kier molecular flexibility index (Phi) is 11.5. The minimum absolute atomic E-state index is 0.108. The first-order valence-electron chi connectivity index (χ1n) is 15.6. The molecule has 0 unspecified atom stereocenters. The molecule has 0 fully saturated rings. The maximum absolute atomic E-state index is 14.5. The van der Waals surface area contributed by atoms with Crippen LogP contribution in [-0.2, 0) is 9.59 Å². The molecule has 260 valence electrons. The summed E-state index contributed by atoms with van der Waals surface area (Å²) >= 11 is 12.6. The Morgan fingerprint density at radius 2 is 1.16 bits per heavy atom. The number of nitrogens with one attached hydrogen (secondary N) is 1. The third-order valence-corrected chi connectivity index (χ3v) is 9.00. The molecule has 6 rings (SSSR count). The molecule has 4 aromatic carbocycles. The Labute approximate surface area is 296 Å². The molecular formula is C38H32Cl2F4N2O4. The second kappa shape index (κ2) is 15.8. The third kappa shape index (κ3) is 7.51. The van der Waals surface area contributed by atoms with Gasteiger partial charge in [-0.2, -0.15) is 0 Å². The number of hydrogen-bond donors (Lipinski definition) is 1. The Bertz CT molecular complexity index is 1990. The molecule has 4 aromatic rings. The molecule has 0 radical (unpaired) electrons. The van der Waals surface area contributed by atoms with Gasteiger partial charge in [-0.3, -0.25) is 9.59 Å². The Morgan fingerprint density at radius 3 is 1.66 bits per heavy atom. The lowest BCUT2D eigenvalue weighted by molar-refractivity contribution is -0.128. The fourth-order valence-electron chi connectivity index (χ4n) is 5.96. The molecule has 6 nitrogen and oxygen atoms in total. The van der Waals surface area contributed by atoms with E-state index in [0.29, 0.717) is 63.2 Å². The lowest BCUT2D eigenvalue weighted by atomic mass is 9.90. The molecule has 0 saturated heterocycles. The number of hydrogen-bond acceptors (Lipinski definition) is 4. The molecule has 2 amide bonds. The summed E-state index contributed by atoms with van der Waals surface area (Å²) in [6, 6.07) is 17.4. The van der Waals surface area contributed by atoms with E-state index in [-0.39, 0.29) is 47.2 Å². The van der Waals surface area contributed by atoms with Gasteiger partial charge in [-0.1, -0.05) is 35.3 Å². The van der Waals surface area contributed by atoms with Crippen LogP contribution in [0.2, 0.25) is 10.0 Å². The summed E-state index contributed by atoms with van der Waals surface area (Å²) < 4.78 is 67.9. The van der Waals surface area contributed by atoms with Gasteiger partial charge < -0.3 is 19.7 Å². The molecule has 0 saturated carbocycles. The maximum Gasteiger partial charge on any atom is 0.227 e. The van der Waals surface area contributed by atoms with Gasteiger partial charge in [0.15, 0.2) is 0 Å². The summed E-state index contributed by atoms with van der Waals surface area (Å²) in [4.78, 5) is 25.6. The van der Waals surface area contributed by atoms with Gasteiger partial charge in [0.25, 0.3) is 0 Å². The Morgan fingerprint density at radius 1 is 0.680 bits per heavy atom. The Balaban J connectivity index is 0.000000195. The number of ether oxygens (including phenoxy) is 2. The van der Waals surface area contributed by atoms with Gasteiger partial charge in [0, 0.05) is 40.6 Å². The van der Waals surface area contributed by atoms with Crippen molar-refractivity contribution in [3.8, 4) is 11.5 Å². The quantitative estimate of drug-likeness (QED) is 0.193. The van der Waals surface area contributed by atoms with E-state index in [2.05, 4.69) is 5.32 Å². The van der Waals surface area contributed by atoms with Crippen molar-refractivity contribution in [2.45, 2.75) is 32.6 Å². The summed E-state index contributed by atoms with van der Waals surface area (Å²) in [6.07, 6.45) is 1.12. The lowest BCUT2D eigenvalue weighted by Crippen LogP contribution is -2.33. The fourth-order valence-corrected chi connectivity index (χ4v) is 6.43. The van der Waals surface area contributed by atoms with Crippen molar-refractivity contribution in [2.24, 2.45) is 0 Å². The van der Waals surface area contributed by atoms with E-state index >= 15 is 0 Å². The fraction of sp³-hybridized carbons (Fsp3) is 0.211. The number of nitrogens with zero attached hydrogens (tertiary/aromatic N) is 1. The lowest BCUT2D eigenvalue weighted by Gasteiger charge is -2.32. The maximum atomic E-state index is 14.5. The van der Waals surface area contributed by atoms with Gasteiger partial charge >= 0.3 is 0 Å². The number of methoxy groups -OCH3 is 2. The highest BCUT2D eigenvalue weighted by molar-refractivity contribution is 6.33. The molecule has 2 heterocycles. The summed E-state index contributed by atoms with van der Waals surface area (Å²) in [5.41, 5.74) is 2.24. The van der Waals surface area contributed by atoms with E-state index in [1.165, 1.54) is 43.4 Å². The van der Waals surface area contributed by atoms with Gasteiger partial charge in [-0.15, -0.1) is 0 Å². The third-order valence-electron chi connectivity index (χ3n) is 8.34. The number of halogens is 6. The van der Waals surface area contributed by atoms with Crippen molar-refractivity contribution >= 4 is 57.6 Å². The summed E-state index contributed by atoms with van der Waals surface area (Å²) in [7, 11) is 3.04. The number of carbonyl (C=O) groups is 2. The molecular weight excluding hydrogens is 695 g/mol. The van der Waals surface area contributed by atoms with Gasteiger partial charge in [0.05, 0.1) is 36.7 Å². The Hall–Kier alpha value is -4.80. The summed E-state index contributed by atoms with van der Waals surface area (Å²) in [5.74, 6) is -2.26. The van der Waals surface area contributed by atoms with Crippen molar-refractivity contribution < 1.29 is 36.6 Å². The molecule has 0 spiro atoms. The largest absolute Gasteiger partial charge is 0.497 e. The number of benzene rings is 4. The SMILES string of the molecule is CCN1C(=O)CCC(c2cc(OC)ccc2Cl)=C1c1c(F)cccc1F.COc1ccc(Cl)c(C2=C(c3c(F)cccc3F)NC(=O)CC2)c1. The van der Waals surface area contributed by atoms with Crippen molar-refractivity contribution in [1.29, 1.82) is 0 Å². The highest BCUT2D eigenvalue weighted by Gasteiger charge is 2.32. The van der Waals surface area contributed by atoms with Gasteiger partial charge in [0.2, 0.25) is 11.8 Å². The topological polar surface area (TPSA) is 67.9 Å². The van der Waals surface area contributed by atoms with Crippen molar-refractivity contribution in [3.05, 3.63) is 128 Å². The number of amides is 2. The van der Waals surface area contributed by atoms with Crippen molar-refractivity contribution in [2.75, 3.05) is 20.8 Å². The predicted octanol–water partition coefficient (Wildman–Crippen LogP) is 9.54. The molecule has 0 aromatic heterocycles. The molecule has 2 aliphatic rings. The van der Waals surface area contributed by atoms with Crippen LogP contribution >= 0.6 is 23.2 Å². The van der Waals surface area contributed by atoms with Crippen molar-refractivity contribution in [1.82, 2.24) is 10.2 Å². The van der Waals surface area contributed by atoms with Crippen molar-refractivity contribution in [3.63, 3.8) is 0 Å². The summed E-state index contributed by atoms with van der Waals surface area (Å²) in [5, 5.41) is 3.43. The average molecular weight is 728 g/mol. The highest BCUT2D eigenvalue weighted by Crippen LogP contribution is 2.42. The van der Waals surface area contributed by atoms with Gasteiger partial charge in [-0.25, -0.2) is 17.6 Å². The van der Waals surface area contributed by atoms with E-state index in [9.17, 15) is 27.2 Å². The minimum Gasteiger partial charge on any atom is -0.497 e. The van der Waals surface area contributed by atoms with Crippen LogP contribution in [0.3, 0.4) is 0 Å². The molecule has 50 heavy (non-hydrogen) atoms. The number of carbonyl (C=O) groups excluding carboxylic acids is 2. The van der Waals surface area contributed by atoms with Crippen LogP contribution in [0.4, 0.5) is 17.6 Å². The second-order valence-corrected chi connectivity index (χ2v) is 12.1. The summed E-state index contributed by atoms with van der Waals surface area (Å²) in [6.45, 7) is 2.07. The smallest absolute Gasteiger partial charge is 0.227 e. The van der Waals surface area contributed by atoms with Crippen LogP contribution in [-0.4, -0.2) is 37.5 Å². The van der Waals surface area contributed by atoms with E-state index in [1.54, 1.807) is 43.3 Å². The first-order chi connectivity index (χ1) is 24.0.